The summed E-state index contributed by atoms with van der Waals surface area (Å²) in [5.74, 6) is 0.253. The molecule has 1 N–H and O–H groups in total. The first-order valence-corrected chi connectivity index (χ1v) is 8.04. The smallest absolute Gasteiger partial charge is 0.203 e. The predicted molar refractivity (Wildman–Crippen MR) is 70.5 cm³/mol. The molecule has 0 saturated carbocycles. The summed E-state index contributed by atoms with van der Waals surface area (Å²) >= 11 is 0. The average molecular weight is 274 g/mol. The lowest BCUT2D eigenvalue weighted by Crippen LogP contribution is -2.01. The van der Waals surface area contributed by atoms with Gasteiger partial charge in [-0.05, 0) is 31.0 Å². The first-order valence-electron chi connectivity index (χ1n) is 5.37. The SMILES string of the molecule is COc1cc(C(O)P(C)(C)=O)cc(OC)c1OC. The van der Waals surface area contributed by atoms with Crippen molar-refractivity contribution in [1.29, 1.82) is 0 Å². The average Bonchev–Trinajstić information content (AvgIpc) is 2.34. The zero-order valence-corrected chi connectivity index (χ0v) is 12.2. The van der Waals surface area contributed by atoms with E-state index in [0.29, 0.717) is 22.8 Å². The lowest BCUT2D eigenvalue weighted by Gasteiger charge is -2.19. The number of rotatable bonds is 5. The van der Waals surface area contributed by atoms with Crippen molar-refractivity contribution < 1.29 is 23.9 Å². The van der Waals surface area contributed by atoms with Gasteiger partial charge in [-0.15, -0.1) is 0 Å². The van der Waals surface area contributed by atoms with E-state index >= 15 is 0 Å². The van der Waals surface area contributed by atoms with Crippen LogP contribution in [0.4, 0.5) is 0 Å². The third-order valence-electron chi connectivity index (χ3n) is 2.57. The van der Waals surface area contributed by atoms with Crippen LogP contribution in [0.1, 0.15) is 11.4 Å². The highest BCUT2D eigenvalue weighted by molar-refractivity contribution is 7.62. The van der Waals surface area contributed by atoms with E-state index < -0.39 is 13.0 Å². The van der Waals surface area contributed by atoms with Gasteiger partial charge in [0.1, 0.15) is 13.0 Å². The van der Waals surface area contributed by atoms with Gasteiger partial charge in [-0.25, -0.2) is 0 Å². The van der Waals surface area contributed by atoms with Gasteiger partial charge in [0.05, 0.1) is 21.3 Å². The summed E-state index contributed by atoms with van der Waals surface area (Å²) in [7, 11) is 1.82. The van der Waals surface area contributed by atoms with Crippen LogP contribution in [0.2, 0.25) is 0 Å². The minimum Gasteiger partial charge on any atom is -0.493 e. The molecule has 0 bridgehead atoms. The van der Waals surface area contributed by atoms with Gasteiger partial charge >= 0.3 is 0 Å². The van der Waals surface area contributed by atoms with Crippen LogP contribution >= 0.6 is 7.14 Å². The summed E-state index contributed by atoms with van der Waals surface area (Å²) in [4.78, 5) is 0. The maximum Gasteiger partial charge on any atom is 0.203 e. The summed E-state index contributed by atoms with van der Waals surface area (Å²) in [6.45, 7) is 3.06. The lowest BCUT2D eigenvalue weighted by atomic mass is 10.2. The van der Waals surface area contributed by atoms with E-state index in [1.54, 1.807) is 12.1 Å². The van der Waals surface area contributed by atoms with E-state index in [2.05, 4.69) is 0 Å². The summed E-state index contributed by atoms with van der Waals surface area (Å²) in [6, 6.07) is 3.21. The zero-order chi connectivity index (χ0) is 13.9. The van der Waals surface area contributed by atoms with Crippen LogP contribution in [0.25, 0.3) is 0 Å². The van der Waals surface area contributed by atoms with Gasteiger partial charge in [-0.3, -0.25) is 0 Å². The number of benzene rings is 1. The Labute approximate surface area is 107 Å². The Morgan fingerprint density at radius 2 is 1.50 bits per heavy atom. The molecule has 1 unspecified atom stereocenters. The molecule has 0 heterocycles. The van der Waals surface area contributed by atoms with Crippen molar-refractivity contribution in [3.8, 4) is 17.2 Å². The quantitative estimate of drug-likeness (QED) is 0.835. The molecule has 0 saturated heterocycles. The molecule has 5 nitrogen and oxygen atoms in total. The fraction of sp³-hybridized carbons (Fsp3) is 0.500. The third-order valence-corrected chi connectivity index (χ3v) is 4.05. The molecule has 1 aromatic rings. The fourth-order valence-electron chi connectivity index (χ4n) is 1.61. The Balaban J connectivity index is 3.36. The van der Waals surface area contributed by atoms with E-state index in [0.717, 1.165) is 0 Å². The Morgan fingerprint density at radius 3 is 1.78 bits per heavy atom. The molecule has 0 amide bonds. The Morgan fingerprint density at radius 1 is 1.06 bits per heavy atom. The molecule has 0 radical (unpaired) electrons. The topological polar surface area (TPSA) is 65.0 Å². The molecule has 0 aliphatic rings. The number of ether oxygens (including phenoxy) is 3. The molecular formula is C12H19O5P. The molecule has 0 fully saturated rings. The van der Waals surface area contributed by atoms with E-state index in [4.69, 9.17) is 14.2 Å². The molecule has 1 atom stereocenters. The van der Waals surface area contributed by atoms with Crippen molar-refractivity contribution >= 4 is 7.14 Å². The molecule has 1 aromatic carbocycles. The second-order valence-electron chi connectivity index (χ2n) is 4.27. The highest BCUT2D eigenvalue weighted by Crippen LogP contribution is 2.53. The Hall–Kier alpha value is -1.19. The van der Waals surface area contributed by atoms with Crippen LogP contribution < -0.4 is 14.2 Å². The van der Waals surface area contributed by atoms with Crippen LogP contribution in [-0.4, -0.2) is 39.8 Å². The summed E-state index contributed by atoms with van der Waals surface area (Å²) in [5, 5.41) is 10.0. The van der Waals surface area contributed by atoms with Crippen molar-refractivity contribution in [2.45, 2.75) is 5.85 Å². The van der Waals surface area contributed by atoms with Crippen molar-refractivity contribution in [3.05, 3.63) is 17.7 Å². The summed E-state index contributed by atoms with van der Waals surface area (Å²) in [5.41, 5.74) is 0.484. The van der Waals surface area contributed by atoms with Gasteiger partial charge in [-0.1, -0.05) is 0 Å². The number of hydrogen-bond acceptors (Lipinski definition) is 5. The minimum atomic E-state index is -2.66. The molecule has 0 aliphatic carbocycles. The van der Waals surface area contributed by atoms with Crippen molar-refractivity contribution in [1.82, 2.24) is 0 Å². The van der Waals surface area contributed by atoms with Gasteiger partial charge in [0.2, 0.25) is 5.75 Å². The van der Waals surface area contributed by atoms with E-state index in [1.807, 2.05) is 0 Å². The van der Waals surface area contributed by atoms with Gasteiger partial charge in [0, 0.05) is 0 Å². The molecule has 1 rings (SSSR count). The molecule has 102 valence electrons. The molecule has 0 aliphatic heterocycles. The van der Waals surface area contributed by atoms with E-state index in [9.17, 15) is 9.67 Å². The van der Waals surface area contributed by atoms with Crippen LogP contribution in [-0.2, 0) is 4.57 Å². The number of aliphatic hydroxyl groups excluding tert-OH is 1. The fourth-order valence-corrected chi connectivity index (χ4v) is 2.48. The van der Waals surface area contributed by atoms with Crippen LogP contribution in [0.15, 0.2) is 12.1 Å². The Kier molecular flexibility index (Phi) is 4.65. The monoisotopic (exact) mass is 274 g/mol. The molecule has 6 heteroatoms. The number of methoxy groups -OCH3 is 3. The summed E-state index contributed by atoms with van der Waals surface area (Å²) < 4.78 is 27.4. The van der Waals surface area contributed by atoms with Crippen LogP contribution in [0, 0.1) is 0 Å². The van der Waals surface area contributed by atoms with E-state index in [-0.39, 0.29) is 0 Å². The zero-order valence-electron chi connectivity index (χ0n) is 11.3. The minimum absolute atomic E-state index is 0.430. The second kappa shape index (κ2) is 5.63. The molecule has 0 spiro atoms. The van der Waals surface area contributed by atoms with Gasteiger partial charge in [0.25, 0.3) is 0 Å². The summed E-state index contributed by atoms with van der Waals surface area (Å²) in [6.07, 6.45) is 0. The van der Waals surface area contributed by atoms with Gasteiger partial charge in [0.15, 0.2) is 11.5 Å². The predicted octanol–water partition coefficient (Wildman–Crippen LogP) is 2.33. The Bertz CT molecular complexity index is 441. The first kappa shape index (κ1) is 14.9. The van der Waals surface area contributed by atoms with Crippen LogP contribution in [0.5, 0.6) is 17.2 Å². The normalized spacial score (nSPS) is 13.0. The van der Waals surface area contributed by atoms with E-state index in [1.165, 1.54) is 34.7 Å². The largest absolute Gasteiger partial charge is 0.493 e. The molecule has 0 aromatic heterocycles. The van der Waals surface area contributed by atoms with Crippen molar-refractivity contribution in [2.24, 2.45) is 0 Å². The standard InChI is InChI=1S/C12H19O5P/c1-15-9-6-8(12(13)18(4,5)14)7-10(16-2)11(9)17-3/h6-7,12-13H,1-5H3. The van der Waals surface area contributed by atoms with Crippen molar-refractivity contribution in [2.75, 3.05) is 34.7 Å². The maximum atomic E-state index is 11.9. The molecular weight excluding hydrogens is 255 g/mol. The second-order valence-corrected chi connectivity index (χ2v) is 7.62. The number of aliphatic hydroxyl groups is 1. The first-order chi connectivity index (χ1) is 8.35. The van der Waals surface area contributed by atoms with Crippen molar-refractivity contribution in [3.63, 3.8) is 0 Å². The maximum absolute atomic E-state index is 11.9. The van der Waals surface area contributed by atoms with Crippen LogP contribution in [0.3, 0.4) is 0 Å². The number of hydrogen-bond donors (Lipinski definition) is 1. The lowest BCUT2D eigenvalue weighted by molar-refractivity contribution is 0.252. The highest BCUT2D eigenvalue weighted by atomic mass is 31.2. The van der Waals surface area contributed by atoms with Gasteiger partial charge < -0.3 is 23.9 Å². The molecule has 18 heavy (non-hydrogen) atoms. The highest BCUT2D eigenvalue weighted by Gasteiger charge is 2.25. The third kappa shape index (κ3) is 2.98. The van der Waals surface area contributed by atoms with Gasteiger partial charge in [-0.2, -0.15) is 0 Å².